The van der Waals surface area contributed by atoms with E-state index in [9.17, 15) is 9.90 Å². The Bertz CT molecular complexity index is 644. The first-order valence-corrected chi connectivity index (χ1v) is 6.17. The lowest BCUT2D eigenvalue weighted by atomic mass is 10.1. The van der Waals surface area contributed by atoms with Crippen LogP contribution in [0.15, 0.2) is 17.1 Å². The first-order valence-electron chi connectivity index (χ1n) is 7.17. The number of aromatic nitrogens is 2. The van der Waals surface area contributed by atoms with Crippen LogP contribution in [0.3, 0.4) is 0 Å². The predicted molar refractivity (Wildman–Crippen MR) is 67.7 cm³/mol. The Morgan fingerprint density at radius 1 is 1.55 bits per heavy atom. The molecule has 110 valence electrons. The Morgan fingerprint density at radius 3 is 2.90 bits per heavy atom. The maximum absolute atomic E-state index is 12.0. The van der Waals surface area contributed by atoms with Crippen LogP contribution >= 0.6 is 0 Å². The van der Waals surface area contributed by atoms with Crippen molar-refractivity contribution in [2.75, 3.05) is 12.3 Å². The maximum Gasteiger partial charge on any atom is 0.351 e. The molecule has 2 aliphatic rings. The van der Waals surface area contributed by atoms with Crippen LogP contribution in [0.4, 0.5) is 5.82 Å². The van der Waals surface area contributed by atoms with Crippen molar-refractivity contribution in [3.8, 4) is 0 Å². The van der Waals surface area contributed by atoms with E-state index in [0.29, 0.717) is 0 Å². The average molecular weight is 285 g/mol. The van der Waals surface area contributed by atoms with E-state index in [4.69, 9.17) is 22.7 Å². The highest BCUT2D eigenvalue weighted by Gasteiger charge is 2.55. The summed E-state index contributed by atoms with van der Waals surface area (Å²) in [5.41, 5.74) is 4.80. The van der Waals surface area contributed by atoms with Gasteiger partial charge in [-0.25, -0.2) is 4.79 Å². The van der Waals surface area contributed by atoms with Gasteiger partial charge in [-0.05, 0) is 19.9 Å². The van der Waals surface area contributed by atoms with Crippen molar-refractivity contribution in [1.82, 2.24) is 9.55 Å². The van der Waals surface area contributed by atoms with E-state index in [-0.39, 0.29) is 5.82 Å². The number of ether oxygens (including phenoxy) is 3. The Labute approximate surface area is 117 Å². The van der Waals surface area contributed by atoms with E-state index < -0.39 is 42.6 Å². The van der Waals surface area contributed by atoms with E-state index >= 15 is 0 Å². The number of nitrogens with two attached hydrogens (primary N) is 1. The highest BCUT2D eigenvalue weighted by molar-refractivity contribution is 5.23. The zero-order valence-electron chi connectivity index (χ0n) is 13.0. The third kappa shape index (κ3) is 2.10. The van der Waals surface area contributed by atoms with Crippen LogP contribution in [0.5, 0.6) is 0 Å². The molecule has 3 heterocycles. The van der Waals surface area contributed by atoms with Gasteiger partial charge in [-0.3, -0.25) is 4.57 Å². The van der Waals surface area contributed by atoms with Gasteiger partial charge in [-0.1, -0.05) is 0 Å². The second kappa shape index (κ2) is 4.52. The van der Waals surface area contributed by atoms with Crippen molar-refractivity contribution in [2.45, 2.75) is 44.2 Å². The van der Waals surface area contributed by atoms with Gasteiger partial charge in [0, 0.05) is 6.20 Å². The van der Waals surface area contributed by atoms with Gasteiger partial charge in [0.25, 0.3) is 0 Å². The molecule has 2 fully saturated rings. The molecule has 3 rings (SSSR count). The Kier molecular flexibility index (Phi) is 2.53. The van der Waals surface area contributed by atoms with Crippen molar-refractivity contribution in [1.29, 1.82) is 0 Å². The molecule has 1 aromatic rings. The predicted octanol–water partition coefficient (Wildman–Crippen LogP) is -0.765. The number of hydrogen-bond donors (Lipinski definition) is 2. The first-order chi connectivity index (χ1) is 10.1. The van der Waals surface area contributed by atoms with E-state index in [1.54, 1.807) is 13.8 Å². The number of anilines is 1. The lowest BCUT2D eigenvalue weighted by Gasteiger charge is -2.24. The van der Waals surface area contributed by atoms with Gasteiger partial charge in [-0.2, -0.15) is 4.98 Å². The fourth-order valence-electron chi connectivity index (χ4n) is 2.52. The molecule has 1 aromatic heterocycles. The molecule has 8 heteroatoms. The molecule has 8 nitrogen and oxygen atoms in total. The molecular weight excluding hydrogens is 266 g/mol. The van der Waals surface area contributed by atoms with Crippen LogP contribution in [0.2, 0.25) is 0 Å². The number of nitrogens with zero attached hydrogens (tertiary/aromatic N) is 2. The van der Waals surface area contributed by atoms with Crippen LogP contribution in [-0.4, -0.2) is 45.3 Å². The van der Waals surface area contributed by atoms with Gasteiger partial charge >= 0.3 is 5.69 Å². The van der Waals surface area contributed by atoms with E-state index in [1.165, 1.54) is 12.3 Å². The summed E-state index contributed by atoms with van der Waals surface area (Å²) < 4.78 is 32.9. The van der Waals surface area contributed by atoms with Gasteiger partial charge in [0.2, 0.25) is 0 Å². The van der Waals surface area contributed by atoms with Crippen LogP contribution < -0.4 is 11.4 Å². The van der Waals surface area contributed by atoms with Crippen molar-refractivity contribution in [3.05, 3.63) is 22.7 Å². The smallest absolute Gasteiger partial charge is 0.351 e. The largest absolute Gasteiger partial charge is 0.394 e. The molecule has 4 atom stereocenters. The van der Waals surface area contributed by atoms with Crippen LogP contribution in [-0.2, 0) is 14.2 Å². The summed E-state index contributed by atoms with van der Waals surface area (Å²) >= 11 is 0. The van der Waals surface area contributed by atoms with Gasteiger partial charge in [0.15, 0.2) is 12.0 Å². The van der Waals surface area contributed by atoms with E-state index in [0.717, 1.165) is 4.57 Å². The fourth-order valence-corrected chi connectivity index (χ4v) is 2.52. The third-order valence-corrected chi connectivity index (χ3v) is 3.28. The highest BCUT2D eigenvalue weighted by atomic mass is 16.8. The van der Waals surface area contributed by atoms with Crippen molar-refractivity contribution in [3.63, 3.8) is 0 Å². The highest BCUT2D eigenvalue weighted by Crippen LogP contribution is 2.42. The minimum atomic E-state index is -2.65. The molecule has 2 saturated heterocycles. The molecule has 20 heavy (non-hydrogen) atoms. The zero-order valence-corrected chi connectivity index (χ0v) is 11.0. The zero-order chi connectivity index (χ0) is 16.3. The van der Waals surface area contributed by atoms with Gasteiger partial charge < -0.3 is 25.1 Å². The van der Waals surface area contributed by atoms with E-state index in [2.05, 4.69) is 4.98 Å². The second-order valence-electron chi connectivity index (χ2n) is 5.18. The molecule has 3 N–H and O–H groups in total. The van der Waals surface area contributed by atoms with Gasteiger partial charge in [0.1, 0.15) is 24.1 Å². The number of fused-ring (bicyclic) bond motifs is 1. The minimum Gasteiger partial charge on any atom is -0.394 e. The van der Waals surface area contributed by atoms with Crippen LogP contribution in [0.25, 0.3) is 0 Å². The molecule has 0 saturated carbocycles. The van der Waals surface area contributed by atoms with Crippen molar-refractivity contribution in [2.24, 2.45) is 0 Å². The normalized spacial score (nSPS) is 37.4. The summed E-state index contributed by atoms with van der Waals surface area (Å²) in [6.45, 7) is 0.680. The number of hydrogen-bond acceptors (Lipinski definition) is 7. The molecular formula is C12H17N3O5. The summed E-state index contributed by atoms with van der Waals surface area (Å²) in [7, 11) is 0. The Morgan fingerprint density at radius 2 is 2.25 bits per heavy atom. The molecule has 1 unspecified atom stereocenters. The molecule has 0 amide bonds. The Hall–Kier alpha value is -1.48. The lowest BCUT2D eigenvalue weighted by Crippen LogP contribution is -2.35. The Balaban J connectivity index is 2.00. The average Bonchev–Trinajstić information content (AvgIpc) is 2.82. The summed E-state index contributed by atoms with van der Waals surface area (Å²) in [6, 6.07) is 1.42. The maximum atomic E-state index is 12.0. The number of aliphatic hydroxyl groups is 1. The summed E-state index contributed by atoms with van der Waals surface area (Å²) in [6.07, 6.45) is -2.50. The van der Waals surface area contributed by atoms with Crippen molar-refractivity contribution < 1.29 is 22.1 Å². The molecule has 0 aliphatic carbocycles. The summed E-state index contributed by atoms with van der Waals surface area (Å²) in [4.78, 5) is 15.6. The lowest BCUT2D eigenvalue weighted by molar-refractivity contribution is -0.200. The summed E-state index contributed by atoms with van der Waals surface area (Å²) in [5.74, 6) is -0.917. The SMILES string of the molecule is [2H]C([2H])(O)[C@H]1O[C@@H](n2ccc(N)nc2=O)[C@H]2OC(C)(C)OC21. The summed E-state index contributed by atoms with van der Waals surface area (Å²) in [5, 5.41) is 9.66. The van der Waals surface area contributed by atoms with Crippen molar-refractivity contribution >= 4 is 5.82 Å². The number of rotatable bonds is 2. The first kappa shape index (κ1) is 11.2. The molecule has 0 radical (unpaired) electrons. The van der Waals surface area contributed by atoms with Crippen LogP contribution in [0.1, 0.15) is 22.8 Å². The molecule has 0 aromatic carbocycles. The monoisotopic (exact) mass is 285 g/mol. The van der Waals surface area contributed by atoms with Gasteiger partial charge in [-0.15, -0.1) is 0 Å². The fraction of sp³-hybridized carbons (Fsp3) is 0.667. The molecule has 2 aliphatic heterocycles. The third-order valence-electron chi connectivity index (χ3n) is 3.28. The topological polar surface area (TPSA) is 109 Å². The van der Waals surface area contributed by atoms with Crippen LogP contribution in [0, 0.1) is 0 Å². The second-order valence-corrected chi connectivity index (χ2v) is 5.18. The molecule has 0 bridgehead atoms. The standard InChI is InChI=1S/C12H17N3O5/c1-12(2)19-8-6(5-16)18-10(9(8)20-12)15-4-3-7(13)14-11(15)17/h3-4,6,8-10,16H,5H2,1-2H3,(H2,13,14,17)/t6-,8?,9+,10-/m1/s1/i5D2. The quantitative estimate of drug-likeness (QED) is 0.734. The number of nitrogen functional groups attached to an aromatic ring is 1. The minimum absolute atomic E-state index is 0.0637. The van der Waals surface area contributed by atoms with E-state index in [1.807, 2.05) is 0 Å². The van der Waals surface area contributed by atoms with Gasteiger partial charge in [0.05, 0.1) is 9.30 Å². The molecule has 0 spiro atoms.